The number of amides is 2. The fraction of sp³-hybridized carbons (Fsp3) is 0.556. The van der Waals surface area contributed by atoms with E-state index >= 15 is 0 Å². The molecule has 1 fully saturated rings. The summed E-state index contributed by atoms with van der Waals surface area (Å²) >= 11 is 0. The second-order valence-electron chi connectivity index (χ2n) is 6.83. The van der Waals surface area contributed by atoms with Crippen molar-refractivity contribution in [1.29, 1.82) is 0 Å². The van der Waals surface area contributed by atoms with Gasteiger partial charge < -0.3 is 20.4 Å². The van der Waals surface area contributed by atoms with Gasteiger partial charge in [-0.05, 0) is 50.8 Å². The third-order valence-electron chi connectivity index (χ3n) is 4.22. The largest absolute Gasteiger partial charge is 0.396 e. The summed E-state index contributed by atoms with van der Waals surface area (Å²) in [6.45, 7) is 4.27. The monoisotopic (exact) mass is 334 g/mol. The number of hydrogen-bond acceptors (Lipinski definition) is 4. The Morgan fingerprint density at radius 1 is 1.33 bits per heavy atom. The van der Waals surface area contributed by atoms with E-state index in [1.165, 1.54) is 4.90 Å². The lowest BCUT2D eigenvalue weighted by atomic mass is 9.98. The third kappa shape index (κ3) is 4.79. The van der Waals surface area contributed by atoms with E-state index in [1.54, 1.807) is 26.0 Å². The first-order chi connectivity index (χ1) is 11.3. The smallest absolute Gasteiger partial charge is 0.254 e. The number of aliphatic hydroxyl groups excluding tert-OH is 1. The highest BCUT2D eigenvalue weighted by Gasteiger charge is 2.32. The fourth-order valence-electron chi connectivity index (χ4n) is 2.80. The average Bonchev–Trinajstić information content (AvgIpc) is 2.54. The number of piperazine rings is 1. The van der Waals surface area contributed by atoms with Crippen molar-refractivity contribution in [1.82, 2.24) is 10.2 Å². The number of aryl methyl sites for hydroxylation is 1. The Bertz CT molecular complexity index is 578. The molecule has 2 rings (SSSR count). The molecule has 3 N–H and O–H groups in total. The standard InChI is InChI=1S/C18H26N2O4/c1-18(2,24)9-7-13-3-5-14(6-4-13)17(23)20-11-10-19-16(22)15(20)8-12-21/h3-6,15,21,24H,7-12H2,1-2H3,(H,19,22)/t15-/m0/s1. The molecule has 0 bridgehead atoms. The predicted octanol–water partition coefficient (Wildman–Crippen LogP) is 0.713. The van der Waals surface area contributed by atoms with Gasteiger partial charge in [0.2, 0.25) is 5.91 Å². The van der Waals surface area contributed by atoms with Crippen molar-refractivity contribution in [2.45, 2.75) is 44.8 Å². The summed E-state index contributed by atoms with van der Waals surface area (Å²) in [7, 11) is 0. The molecule has 2 amide bonds. The van der Waals surface area contributed by atoms with Gasteiger partial charge in [-0.2, -0.15) is 0 Å². The van der Waals surface area contributed by atoms with Gasteiger partial charge in [0, 0.05) is 25.3 Å². The van der Waals surface area contributed by atoms with Crippen LogP contribution in [0.2, 0.25) is 0 Å². The van der Waals surface area contributed by atoms with Gasteiger partial charge in [-0.25, -0.2) is 0 Å². The van der Waals surface area contributed by atoms with Crippen LogP contribution in [0.5, 0.6) is 0 Å². The number of rotatable bonds is 6. The Morgan fingerprint density at radius 3 is 2.58 bits per heavy atom. The molecule has 24 heavy (non-hydrogen) atoms. The lowest BCUT2D eigenvalue weighted by Gasteiger charge is -2.34. The van der Waals surface area contributed by atoms with Crippen LogP contribution in [0, 0.1) is 0 Å². The highest BCUT2D eigenvalue weighted by Crippen LogP contribution is 2.17. The normalized spacial score (nSPS) is 18.4. The van der Waals surface area contributed by atoms with Crippen LogP contribution in [-0.4, -0.2) is 58.3 Å². The van der Waals surface area contributed by atoms with Crippen molar-refractivity contribution in [3.63, 3.8) is 0 Å². The molecule has 0 saturated carbocycles. The molecule has 0 radical (unpaired) electrons. The number of carbonyl (C=O) groups excluding carboxylic acids is 2. The van der Waals surface area contributed by atoms with E-state index in [0.29, 0.717) is 25.1 Å². The maximum absolute atomic E-state index is 12.7. The summed E-state index contributed by atoms with van der Waals surface area (Å²) in [4.78, 5) is 26.1. The van der Waals surface area contributed by atoms with E-state index in [9.17, 15) is 14.7 Å². The Kier molecular flexibility index (Phi) is 5.96. The van der Waals surface area contributed by atoms with Crippen molar-refractivity contribution >= 4 is 11.8 Å². The molecule has 0 aromatic heterocycles. The van der Waals surface area contributed by atoms with Gasteiger partial charge in [-0.15, -0.1) is 0 Å². The SMILES string of the molecule is CC(C)(O)CCc1ccc(C(=O)N2CCNC(=O)[C@@H]2CCO)cc1. The van der Waals surface area contributed by atoms with Crippen LogP contribution in [0.25, 0.3) is 0 Å². The number of hydrogen-bond donors (Lipinski definition) is 3. The summed E-state index contributed by atoms with van der Waals surface area (Å²) in [5.41, 5.74) is 0.865. The Hall–Kier alpha value is -1.92. The molecular formula is C18H26N2O4. The third-order valence-corrected chi connectivity index (χ3v) is 4.22. The van der Waals surface area contributed by atoms with Crippen LogP contribution < -0.4 is 5.32 Å². The van der Waals surface area contributed by atoms with Crippen LogP contribution in [-0.2, 0) is 11.2 Å². The van der Waals surface area contributed by atoms with Gasteiger partial charge in [0.1, 0.15) is 6.04 Å². The van der Waals surface area contributed by atoms with Crippen molar-refractivity contribution in [2.75, 3.05) is 19.7 Å². The second-order valence-corrected chi connectivity index (χ2v) is 6.83. The highest BCUT2D eigenvalue weighted by molar-refractivity contribution is 5.98. The Morgan fingerprint density at radius 2 is 2.00 bits per heavy atom. The first-order valence-electron chi connectivity index (χ1n) is 8.33. The van der Waals surface area contributed by atoms with Gasteiger partial charge in [0.05, 0.1) is 5.60 Å². The van der Waals surface area contributed by atoms with Gasteiger partial charge in [0.25, 0.3) is 5.91 Å². The molecular weight excluding hydrogens is 308 g/mol. The first-order valence-corrected chi connectivity index (χ1v) is 8.33. The second kappa shape index (κ2) is 7.77. The number of aliphatic hydroxyl groups is 2. The van der Waals surface area contributed by atoms with E-state index in [0.717, 1.165) is 12.0 Å². The fourth-order valence-corrected chi connectivity index (χ4v) is 2.80. The molecule has 1 saturated heterocycles. The number of nitrogens with one attached hydrogen (secondary N) is 1. The maximum atomic E-state index is 12.7. The zero-order valence-electron chi connectivity index (χ0n) is 14.3. The average molecular weight is 334 g/mol. The predicted molar refractivity (Wildman–Crippen MR) is 90.6 cm³/mol. The topological polar surface area (TPSA) is 89.9 Å². The Balaban J connectivity index is 2.07. The molecule has 1 aliphatic rings. The minimum absolute atomic E-state index is 0.141. The van der Waals surface area contributed by atoms with Crippen LogP contribution >= 0.6 is 0 Å². The molecule has 1 aromatic carbocycles. The number of carbonyl (C=O) groups is 2. The van der Waals surface area contributed by atoms with Crippen LogP contribution in [0.15, 0.2) is 24.3 Å². The highest BCUT2D eigenvalue weighted by atomic mass is 16.3. The van der Waals surface area contributed by atoms with Crippen LogP contribution in [0.1, 0.15) is 42.6 Å². The molecule has 6 heteroatoms. The molecule has 0 spiro atoms. The molecule has 1 atom stereocenters. The summed E-state index contributed by atoms with van der Waals surface area (Å²) in [6.07, 6.45) is 1.61. The minimum Gasteiger partial charge on any atom is -0.396 e. The molecule has 0 unspecified atom stereocenters. The van der Waals surface area contributed by atoms with E-state index in [-0.39, 0.29) is 24.8 Å². The zero-order chi connectivity index (χ0) is 17.7. The van der Waals surface area contributed by atoms with E-state index < -0.39 is 11.6 Å². The quantitative estimate of drug-likeness (QED) is 0.715. The number of benzene rings is 1. The van der Waals surface area contributed by atoms with Gasteiger partial charge in [-0.1, -0.05) is 12.1 Å². The van der Waals surface area contributed by atoms with E-state index in [1.807, 2.05) is 12.1 Å². The van der Waals surface area contributed by atoms with E-state index in [4.69, 9.17) is 5.11 Å². The van der Waals surface area contributed by atoms with Gasteiger partial charge >= 0.3 is 0 Å². The van der Waals surface area contributed by atoms with Crippen LogP contribution in [0.4, 0.5) is 0 Å². The Labute approximate surface area is 142 Å². The van der Waals surface area contributed by atoms with Crippen molar-refractivity contribution in [2.24, 2.45) is 0 Å². The molecule has 132 valence electrons. The van der Waals surface area contributed by atoms with Crippen molar-refractivity contribution < 1.29 is 19.8 Å². The van der Waals surface area contributed by atoms with E-state index in [2.05, 4.69) is 5.32 Å². The summed E-state index contributed by atoms with van der Waals surface area (Å²) in [5, 5.41) is 21.6. The van der Waals surface area contributed by atoms with Crippen molar-refractivity contribution in [3.8, 4) is 0 Å². The van der Waals surface area contributed by atoms with Gasteiger partial charge in [-0.3, -0.25) is 9.59 Å². The summed E-state index contributed by atoms with van der Waals surface area (Å²) < 4.78 is 0. The molecule has 6 nitrogen and oxygen atoms in total. The number of nitrogens with zero attached hydrogens (tertiary/aromatic N) is 1. The lowest BCUT2D eigenvalue weighted by molar-refractivity contribution is -0.128. The zero-order valence-corrected chi connectivity index (χ0v) is 14.3. The molecule has 1 heterocycles. The van der Waals surface area contributed by atoms with Crippen molar-refractivity contribution in [3.05, 3.63) is 35.4 Å². The summed E-state index contributed by atoms with van der Waals surface area (Å²) in [6, 6.07) is 6.65. The minimum atomic E-state index is -0.715. The molecule has 1 aromatic rings. The lowest BCUT2D eigenvalue weighted by Crippen LogP contribution is -2.57. The molecule has 1 aliphatic heterocycles. The molecule has 0 aliphatic carbocycles. The maximum Gasteiger partial charge on any atom is 0.254 e. The summed E-state index contributed by atoms with van der Waals surface area (Å²) in [5.74, 6) is -0.414. The van der Waals surface area contributed by atoms with Crippen LogP contribution in [0.3, 0.4) is 0 Å². The first kappa shape index (κ1) is 18.4. The van der Waals surface area contributed by atoms with Gasteiger partial charge in [0.15, 0.2) is 0 Å².